The van der Waals surface area contributed by atoms with Crippen molar-refractivity contribution in [1.29, 1.82) is 0 Å². The monoisotopic (exact) mass is 316 g/mol. The number of hydrogen-bond donors (Lipinski definition) is 2. The number of aliphatic hydroxyl groups excluding tert-OH is 1. The minimum atomic E-state index is -0.849. The predicted octanol–water partition coefficient (Wildman–Crippen LogP) is 2.98. The van der Waals surface area contributed by atoms with E-state index in [1.807, 2.05) is 24.3 Å². The first-order chi connectivity index (χ1) is 10.8. The molecule has 0 spiro atoms. The first-order valence-corrected chi connectivity index (χ1v) is 7.45. The number of nitrogens with zero attached hydrogens (tertiary/aromatic N) is 1. The SMILES string of the molecule is CC(C)(C)c1ccc(C(O)CNC(=O)c2ccncc2F)cc1. The fourth-order valence-corrected chi connectivity index (χ4v) is 2.17. The van der Waals surface area contributed by atoms with E-state index in [9.17, 15) is 14.3 Å². The standard InChI is InChI=1S/C18H21FN2O2/c1-18(2,3)13-6-4-12(5-7-13)16(22)11-21-17(23)14-8-9-20-10-15(14)19/h4-10,16,22H,11H2,1-3H3,(H,21,23). The van der Waals surface area contributed by atoms with Crippen LogP contribution < -0.4 is 5.32 Å². The highest BCUT2D eigenvalue weighted by Gasteiger charge is 2.16. The third-order valence-corrected chi connectivity index (χ3v) is 3.63. The van der Waals surface area contributed by atoms with E-state index in [0.29, 0.717) is 5.56 Å². The molecule has 1 atom stereocenters. The molecule has 1 aromatic carbocycles. The Bertz CT molecular complexity index is 678. The van der Waals surface area contributed by atoms with Crippen molar-refractivity contribution in [2.45, 2.75) is 32.3 Å². The van der Waals surface area contributed by atoms with Crippen molar-refractivity contribution >= 4 is 5.91 Å². The maximum atomic E-state index is 13.5. The lowest BCUT2D eigenvalue weighted by Gasteiger charge is -2.20. The van der Waals surface area contributed by atoms with Gasteiger partial charge in [-0.25, -0.2) is 4.39 Å². The number of pyridine rings is 1. The first kappa shape index (κ1) is 17.1. The average molecular weight is 316 g/mol. The van der Waals surface area contributed by atoms with Crippen LogP contribution in [0.5, 0.6) is 0 Å². The summed E-state index contributed by atoms with van der Waals surface area (Å²) < 4.78 is 13.5. The van der Waals surface area contributed by atoms with Crippen molar-refractivity contribution in [3.8, 4) is 0 Å². The Hall–Kier alpha value is -2.27. The van der Waals surface area contributed by atoms with Gasteiger partial charge >= 0.3 is 0 Å². The van der Waals surface area contributed by atoms with Crippen LogP contribution in [0, 0.1) is 5.82 Å². The molecule has 1 aromatic heterocycles. The summed E-state index contributed by atoms with van der Waals surface area (Å²) in [6.07, 6.45) is 1.48. The van der Waals surface area contributed by atoms with Crippen LogP contribution >= 0.6 is 0 Å². The fraction of sp³-hybridized carbons (Fsp3) is 0.333. The van der Waals surface area contributed by atoms with Gasteiger partial charge in [-0.05, 0) is 22.6 Å². The van der Waals surface area contributed by atoms with Gasteiger partial charge in [0.15, 0.2) is 5.82 Å². The maximum absolute atomic E-state index is 13.5. The molecule has 122 valence electrons. The van der Waals surface area contributed by atoms with Gasteiger partial charge in [0.2, 0.25) is 0 Å². The quantitative estimate of drug-likeness (QED) is 0.911. The molecule has 0 aliphatic heterocycles. The van der Waals surface area contributed by atoms with Crippen molar-refractivity contribution in [3.05, 3.63) is 65.2 Å². The van der Waals surface area contributed by atoms with E-state index in [-0.39, 0.29) is 17.5 Å². The van der Waals surface area contributed by atoms with Crippen molar-refractivity contribution < 1.29 is 14.3 Å². The molecule has 0 saturated heterocycles. The molecule has 0 bridgehead atoms. The van der Waals surface area contributed by atoms with Crippen LogP contribution in [0.25, 0.3) is 0 Å². The van der Waals surface area contributed by atoms with Gasteiger partial charge in [-0.1, -0.05) is 45.0 Å². The highest BCUT2D eigenvalue weighted by Crippen LogP contribution is 2.23. The van der Waals surface area contributed by atoms with Crippen LogP contribution in [0.2, 0.25) is 0 Å². The number of aliphatic hydroxyl groups is 1. The minimum Gasteiger partial charge on any atom is -0.387 e. The molecule has 1 unspecified atom stereocenters. The molecule has 0 fully saturated rings. The van der Waals surface area contributed by atoms with Crippen molar-refractivity contribution in [2.24, 2.45) is 0 Å². The normalized spacial score (nSPS) is 12.7. The number of carbonyl (C=O) groups is 1. The molecule has 2 N–H and O–H groups in total. The molecule has 2 aromatic rings. The van der Waals surface area contributed by atoms with Crippen LogP contribution in [0.3, 0.4) is 0 Å². The van der Waals surface area contributed by atoms with E-state index >= 15 is 0 Å². The third-order valence-electron chi connectivity index (χ3n) is 3.63. The number of carbonyl (C=O) groups excluding carboxylic acids is 1. The number of benzene rings is 1. The average Bonchev–Trinajstić information content (AvgIpc) is 2.52. The van der Waals surface area contributed by atoms with Crippen molar-refractivity contribution in [3.63, 3.8) is 0 Å². The van der Waals surface area contributed by atoms with Gasteiger partial charge in [0.05, 0.1) is 17.9 Å². The molecular formula is C18H21FN2O2. The summed E-state index contributed by atoms with van der Waals surface area (Å²) >= 11 is 0. The van der Waals surface area contributed by atoms with Crippen molar-refractivity contribution in [1.82, 2.24) is 10.3 Å². The summed E-state index contributed by atoms with van der Waals surface area (Å²) in [6, 6.07) is 8.90. The summed E-state index contributed by atoms with van der Waals surface area (Å²) in [6.45, 7) is 6.35. The van der Waals surface area contributed by atoms with E-state index in [1.54, 1.807) is 0 Å². The Balaban J connectivity index is 1.98. The second-order valence-electron chi connectivity index (χ2n) is 6.45. The number of nitrogens with one attached hydrogen (secondary N) is 1. The lowest BCUT2D eigenvalue weighted by atomic mass is 9.86. The lowest BCUT2D eigenvalue weighted by molar-refractivity contribution is 0.0912. The molecule has 1 heterocycles. The molecule has 0 saturated carbocycles. The molecule has 2 rings (SSSR count). The van der Waals surface area contributed by atoms with Crippen LogP contribution in [0.15, 0.2) is 42.7 Å². The predicted molar refractivity (Wildman–Crippen MR) is 86.6 cm³/mol. The lowest BCUT2D eigenvalue weighted by Crippen LogP contribution is -2.29. The van der Waals surface area contributed by atoms with Crippen LogP contribution in [0.1, 0.15) is 48.4 Å². The van der Waals surface area contributed by atoms with Crippen LogP contribution in [0.4, 0.5) is 4.39 Å². The summed E-state index contributed by atoms with van der Waals surface area (Å²) in [4.78, 5) is 15.5. The molecule has 5 heteroatoms. The summed E-state index contributed by atoms with van der Waals surface area (Å²) in [5.41, 5.74) is 1.82. The van der Waals surface area contributed by atoms with E-state index in [1.165, 1.54) is 12.3 Å². The van der Waals surface area contributed by atoms with E-state index in [2.05, 4.69) is 31.1 Å². The van der Waals surface area contributed by atoms with Gasteiger partial charge in [-0.3, -0.25) is 9.78 Å². The fourth-order valence-electron chi connectivity index (χ4n) is 2.17. The minimum absolute atomic E-state index is 0.00939. The first-order valence-electron chi connectivity index (χ1n) is 7.45. The van der Waals surface area contributed by atoms with E-state index in [4.69, 9.17) is 0 Å². The zero-order chi connectivity index (χ0) is 17.0. The summed E-state index contributed by atoms with van der Waals surface area (Å²) in [5, 5.41) is 12.7. The van der Waals surface area contributed by atoms with Gasteiger partial charge in [-0.2, -0.15) is 0 Å². The van der Waals surface area contributed by atoms with E-state index in [0.717, 1.165) is 11.8 Å². The Morgan fingerprint density at radius 1 is 1.26 bits per heavy atom. The third kappa shape index (κ3) is 4.36. The number of hydrogen-bond acceptors (Lipinski definition) is 3. The molecular weight excluding hydrogens is 295 g/mol. The smallest absolute Gasteiger partial charge is 0.254 e. The van der Waals surface area contributed by atoms with Gasteiger partial charge in [0.25, 0.3) is 5.91 Å². The second-order valence-corrected chi connectivity index (χ2v) is 6.45. The van der Waals surface area contributed by atoms with Gasteiger partial charge in [0.1, 0.15) is 0 Å². The number of halogens is 1. The second kappa shape index (κ2) is 6.87. The molecule has 0 radical (unpaired) electrons. The van der Waals surface area contributed by atoms with Crippen LogP contribution in [-0.4, -0.2) is 22.5 Å². The molecule has 23 heavy (non-hydrogen) atoms. The Kier molecular flexibility index (Phi) is 5.11. The number of aromatic nitrogens is 1. The topological polar surface area (TPSA) is 62.2 Å². The van der Waals surface area contributed by atoms with Crippen molar-refractivity contribution in [2.75, 3.05) is 6.54 Å². The Morgan fingerprint density at radius 3 is 2.48 bits per heavy atom. The van der Waals surface area contributed by atoms with Gasteiger partial charge in [-0.15, -0.1) is 0 Å². The molecule has 0 aliphatic rings. The molecule has 4 nitrogen and oxygen atoms in total. The molecule has 0 aliphatic carbocycles. The Morgan fingerprint density at radius 2 is 1.91 bits per heavy atom. The number of rotatable bonds is 4. The largest absolute Gasteiger partial charge is 0.387 e. The maximum Gasteiger partial charge on any atom is 0.254 e. The Labute approximate surface area is 135 Å². The summed E-state index contributed by atoms with van der Waals surface area (Å²) in [5.74, 6) is -1.26. The zero-order valence-electron chi connectivity index (χ0n) is 13.5. The van der Waals surface area contributed by atoms with Gasteiger partial charge in [0, 0.05) is 12.7 Å². The van der Waals surface area contributed by atoms with Gasteiger partial charge < -0.3 is 10.4 Å². The zero-order valence-corrected chi connectivity index (χ0v) is 13.5. The highest BCUT2D eigenvalue weighted by atomic mass is 19.1. The summed E-state index contributed by atoms with van der Waals surface area (Å²) in [7, 11) is 0. The molecule has 1 amide bonds. The number of amides is 1. The van der Waals surface area contributed by atoms with E-state index < -0.39 is 17.8 Å². The highest BCUT2D eigenvalue weighted by molar-refractivity contribution is 5.94. The van der Waals surface area contributed by atoms with Crippen LogP contribution in [-0.2, 0) is 5.41 Å².